The van der Waals surface area contributed by atoms with E-state index in [0.717, 1.165) is 22.0 Å². The highest BCUT2D eigenvalue weighted by molar-refractivity contribution is 9.10. The van der Waals surface area contributed by atoms with Crippen LogP contribution in [0.1, 0.15) is 38.3 Å². The van der Waals surface area contributed by atoms with Gasteiger partial charge in [-0.1, -0.05) is 6.42 Å². The fraction of sp³-hybridized carbons (Fsp3) is 0.733. The number of hydrogen-bond acceptors (Lipinski definition) is 2. The largest absolute Gasteiger partial charge is 0.352 e. The van der Waals surface area contributed by atoms with Gasteiger partial charge in [-0.2, -0.15) is 5.10 Å². The molecule has 2 bridgehead atoms. The molecule has 2 aliphatic carbocycles. The summed E-state index contributed by atoms with van der Waals surface area (Å²) in [4.78, 5) is 12.2. The fourth-order valence-electron chi connectivity index (χ4n) is 4.03. The Labute approximate surface area is 128 Å². The van der Waals surface area contributed by atoms with Gasteiger partial charge in [0.15, 0.2) is 0 Å². The first-order valence-electron chi connectivity index (χ1n) is 7.52. The number of amides is 1. The Bertz CT molecular complexity index is 513. The summed E-state index contributed by atoms with van der Waals surface area (Å²) in [5.74, 6) is 2.52. The SMILES string of the molecule is Cc1c(Br)cnn1CC(=O)N[C@@H](C)[C@@H]1C[C@@H]2CC[C@@H]1C2. The molecule has 4 atom stereocenters. The number of nitrogens with one attached hydrogen (secondary N) is 1. The molecule has 2 fully saturated rings. The Hall–Kier alpha value is -0.840. The fourth-order valence-corrected chi connectivity index (χ4v) is 4.33. The summed E-state index contributed by atoms with van der Waals surface area (Å²) >= 11 is 3.42. The second-order valence-electron chi connectivity index (χ2n) is 6.43. The summed E-state index contributed by atoms with van der Waals surface area (Å²) in [6.45, 7) is 4.43. The molecule has 1 N–H and O–H groups in total. The quantitative estimate of drug-likeness (QED) is 0.916. The van der Waals surface area contributed by atoms with Gasteiger partial charge in [0.25, 0.3) is 0 Å². The molecule has 110 valence electrons. The molecule has 5 heteroatoms. The maximum atomic E-state index is 12.2. The molecule has 0 radical (unpaired) electrons. The molecule has 1 heterocycles. The van der Waals surface area contributed by atoms with E-state index in [1.165, 1.54) is 25.7 Å². The van der Waals surface area contributed by atoms with Gasteiger partial charge < -0.3 is 5.32 Å². The Kier molecular flexibility index (Phi) is 3.89. The van der Waals surface area contributed by atoms with Crippen molar-refractivity contribution in [1.29, 1.82) is 0 Å². The second-order valence-corrected chi connectivity index (χ2v) is 7.28. The standard InChI is InChI=1S/C15H22BrN3O/c1-9(13-6-11-3-4-12(13)5-11)18-15(20)8-19-10(2)14(16)7-17-19/h7,9,11-13H,3-6,8H2,1-2H3,(H,18,20)/t9-,11+,12+,13-/m0/s1. The average Bonchev–Trinajstić information content (AvgIpc) is 3.10. The number of aromatic nitrogens is 2. The van der Waals surface area contributed by atoms with E-state index >= 15 is 0 Å². The van der Waals surface area contributed by atoms with Gasteiger partial charge in [0, 0.05) is 6.04 Å². The first kappa shape index (κ1) is 14.1. The van der Waals surface area contributed by atoms with E-state index in [2.05, 4.69) is 33.3 Å². The van der Waals surface area contributed by atoms with Gasteiger partial charge in [-0.05, 0) is 66.8 Å². The monoisotopic (exact) mass is 339 g/mol. The highest BCUT2D eigenvalue weighted by Crippen LogP contribution is 2.49. The molecule has 0 spiro atoms. The number of rotatable bonds is 4. The second kappa shape index (κ2) is 5.51. The third-order valence-corrected chi connectivity index (χ3v) is 5.94. The first-order chi connectivity index (χ1) is 9.54. The third-order valence-electron chi connectivity index (χ3n) is 5.16. The van der Waals surface area contributed by atoms with E-state index in [1.807, 2.05) is 6.92 Å². The molecule has 0 unspecified atom stereocenters. The summed E-state index contributed by atoms with van der Waals surface area (Å²) in [5, 5.41) is 7.38. The first-order valence-corrected chi connectivity index (χ1v) is 8.31. The molecule has 2 aliphatic rings. The van der Waals surface area contributed by atoms with Crippen LogP contribution in [0.2, 0.25) is 0 Å². The van der Waals surface area contributed by atoms with Gasteiger partial charge in [-0.15, -0.1) is 0 Å². The number of carbonyl (C=O) groups excluding carboxylic acids is 1. The van der Waals surface area contributed by atoms with Crippen LogP contribution < -0.4 is 5.32 Å². The van der Waals surface area contributed by atoms with E-state index in [0.29, 0.717) is 12.5 Å². The molecule has 20 heavy (non-hydrogen) atoms. The number of carbonyl (C=O) groups is 1. The molecule has 0 aliphatic heterocycles. The molecule has 1 aromatic heterocycles. The van der Waals surface area contributed by atoms with E-state index < -0.39 is 0 Å². The lowest BCUT2D eigenvalue weighted by Crippen LogP contribution is -2.41. The Balaban J connectivity index is 1.55. The van der Waals surface area contributed by atoms with Crippen LogP contribution in [-0.4, -0.2) is 21.7 Å². The summed E-state index contributed by atoms with van der Waals surface area (Å²) in [5.41, 5.74) is 0.993. The van der Waals surface area contributed by atoms with Crippen molar-refractivity contribution in [2.24, 2.45) is 17.8 Å². The van der Waals surface area contributed by atoms with Gasteiger partial charge in [0.1, 0.15) is 6.54 Å². The zero-order valence-electron chi connectivity index (χ0n) is 12.1. The van der Waals surface area contributed by atoms with Gasteiger partial charge in [-0.3, -0.25) is 9.48 Å². The lowest BCUT2D eigenvalue weighted by molar-refractivity contribution is -0.123. The maximum Gasteiger partial charge on any atom is 0.241 e. The normalized spacial score (nSPS) is 29.6. The van der Waals surface area contributed by atoms with Crippen LogP contribution in [0.5, 0.6) is 0 Å². The number of halogens is 1. The van der Waals surface area contributed by atoms with Crippen molar-refractivity contribution < 1.29 is 4.79 Å². The molecular weight excluding hydrogens is 318 g/mol. The van der Waals surface area contributed by atoms with Crippen molar-refractivity contribution in [1.82, 2.24) is 15.1 Å². The van der Waals surface area contributed by atoms with Crippen LogP contribution in [0.3, 0.4) is 0 Å². The summed E-state index contributed by atoms with van der Waals surface area (Å²) in [6, 6.07) is 0.289. The smallest absolute Gasteiger partial charge is 0.241 e. The minimum atomic E-state index is 0.0685. The molecule has 3 rings (SSSR count). The van der Waals surface area contributed by atoms with Crippen molar-refractivity contribution in [3.05, 3.63) is 16.4 Å². The molecule has 0 aromatic carbocycles. The van der Waals surface area contributed by atoms with E-state index in [1.54, 1.807) is 10.9 Å². The summed E-state index contributed by atoms with van der Waals surface area (Å²) < 4.78 is 2.69. The van der Waals surface area contributed by atoms with Crippen LogP contribution >= 0.6 is 15.9 Å². The highest BCUT2D eigenvalue weighted by atomic mass is 79.9. The minimum absolute atomic E-state index is 0.0685. The number of fused-ring (bicyclic) bond motifs is 2. The Morgan fingerprint density at radius 3 is 2.90 bits per heavy atom. The van der Waals surface area contributed by atoms with Gasteiger partial charge in [0.05, 0.1) is 16.4 Å². The molecule has 2 saturated carbocycles. The Morgan fingerprint density at radius 2 is 2.35 bits per heavy atom. The lowest BCUT2D eigenvalue weighted by atomic mass is 9.84. The van der Waals surface area contributed by atoms with E-state index in [9.17, 15) is 4.79 Å². The van der Waals surface area contributed by atoms with Crippen molar-refractivity contribution >= 4 is 21.8 Å². The average molecular weight is 340 g/mol. The molecule has 0 saturated heterocycles. The van der Waals surface area contributed by atoms with Crippen molar-refractivity contribution in [2.75, 3.05) is 0 Å². The van der Waals surface area contributed by atoms with Crippen molar-refractivity contribution in [3.63, 3.8) is 0 Å². The van der Waals surface area contributed by atoms with Crippen LogP contribution in [0, 0.1) is 24.7 Å². The highest BCUT2D eigenvalue weighted by Gasteiger charge is 2.42. The lowest BCUT2D eigenvalue weighted by Gasteiger charge is -2.28. The van der Waals surface area contributed by atoms with Crippen LogP contribution in [-0.2, 0) is 11.3 Å². The zero-order chi connectivity index (χ0) is 14.3. The predicted octanol–water partition coefficient (Wildman–Crippen LogP) is 2.89. The summed E-state index contributed by atoms with van der Waals surface area (Å²) in [7, 11) is 0. The van der Waals surface area contributed by atoms with Crippen LogP contribution in [0.25, 0.3) is 0 Å². The molecule has 4 nitrogen and oxygen atoms in total. The number of hydrogen-bond donors (Lipinski definition) is 1. The van der Waals surface area contributed by atoms with Crippen LogP contribution in [0.15, 0.2) is 10.7 Å². The Morgan fingerprint density at radius 1 is 1.55 bits per heavy atom. The van der Waals surface area contributed by atoms with Crippen molar-refractivity contribution in [3.8, 4) is 0 Å². The topological polar surface area (TPSA) is 46.9 Å². The number of nitrogens with zero attached hydrogens (tertiary/aromatic N) is 2. The third kappa shape index (κ3) is 2.65. The van der Waals surface area contributed by atoms with E-state index in [4.69, 9.17) is 0 Å². The van der Waals surface area contributed by atoms with Crippen LogP contribution in [0.4, 0.5) is 0 Å². The van der Waals surface area contributed by atoms with Crippen molar-refractivity contribution in [2.45, 2.75) is 52.1 Å². The summed E-state index contributed by atoms with van der Waals surface area (Å²) in [6.07, 6.45) is 7.19. The molecule has 1 aromatic rings. The van der Waals surface area contributed by atoms with E-state index in [-0.39, 0.29) is 11.9 Å². The van der Waals surface area contributed by atoms with Gasteiger partial charge in [-0.25, -0.2) is 0 Å². The maximum absolute atomic E-state index is 12.2. The molecule has 1 amide bonds. The van der Waals surface area contributed by atoms with Gasteiger partial charge >= 0.3 is 0 Å². The minimum Gasteiger partial charge on any atom is -0.352 e. The predicted molar refractivity (Wildman–Crippen MR) is 81.2 cm³/mol. The zero-order valence-corrected chi connectivity index (χ0v) is 13.7. The van der Waals surface area contributed by atoms with Gasteiger partial charge in [0.2, 0.25) is 5.91 Å². The molecular formula is C15H22BrN3O.